The molecule has 0 radical (unpaired) electrons. The van der Waals surface area contributed by atoms with Crippen molar-refractivity contribution in [1.82, 2.24) is 4.98 Å². The summed E-state index contributed by atoms with van der Waals surface area (Å²) in [6.45, 7) is 0. The molecule has 0 fully saturated rings. The molecule has 4 aromatic carbocycles. The molecule has 0 unspecified atom stereocenters. The molecule has 156 valence electrons. The summed E-state index contributed by atoms with van der Waals surface area (Å²) in [5, 5.41) is 7.72. The van der Waals surface area contributed by atoms with Crippen LogP contribution in [0, 0.1) is 5.82 Å². The van der Waals surface area contributed by atoms with Gasteiger partial charge in [-0.15, -0.1) is 11.3 Å². The van der Waals surface area contributed by atoms with Gasteiger partial charge >= 0.3 is 0 Å². The van der Waals surface area contributed by atoms with Gasteiger partial charge < -0.3 is 5.32 Å². The Morgan fingerprint density at radius 2 is 1.56 bits per heavy atom. The lowest BCUT2D eigenvalue weighted by atomic mass is 10.0. The van der Waals surface area contributed by atoms with Crippen LogP contribution in [0.1, 0.15) is 5.56 Å². The molecule has 0 saturated heterocycles. The number of hydrogen-bond acceptors (Lipinski definition) is 3. The fraction of sp³-hybridized carbons (Fsp3) is 0.0370. The third-order valence-corrected chi connectivity index (χ3v) is 6.19. The van der Waals surface area contributed by atoms with E-state index in [1.165, 1.54) is 17.4 Å². The smallest absolute Gasteiger partial charge is 0.228 e. The number of rotatable bonds is 5. The van der Waals surface area contributed by atoms with Crippen LogP contribution in [-0.2, 0) is 11.2 Å². The number of aromatic nitrogens is 1. The van der Waals surface area contributed by atoms with Gasteiger partial charge in [-0.25, -0.2) is 9.37 Å². The first-order chi connectivity index (χ1) is 15.7. The normalized spacial score (nSPS) is 10.9. The molecule has 1 N–H and O–H groups in total. The quantitative estimate of drug-likeness (QED) is 0.323. The van der Waals surface area contributed by atoms with Crippen molar-refractivity contribution in [2.45, 2.75) is 6.42 Å². The van der Waals surface area contributed by atoms with Crippen LogP contribution in [0.25, 0.3) is 32.6 Å². The Morgan fingerprint density at radius 3 is 2.44 bits per heavy atom. The second-order valence-corrected chi connectivity index (χ2v) is 8.28. The van der Waals surface area contributed by atoms with Crippen LogP contribution >= 0.6 is 11.3 Å². The Labute approximate surface area is 189 Å². The standard InChI is InChI=1S/C27H19FN2OS/c28-23-14-5-3-12-21(23)27-30-25(17-32-27)22-13-4-6-15-24(22)29-26(31)16-19-10-7-9-18-8-1-2-11-20(18)19/h1-15,17H,16H2,(H,29,31). The number of anilines is 1. The van der Waals surface area contributed by atoms with Gasteiger partial charge in [0, 0.05) is 16.5 Å². The third kappa shape index (κ3) is 4.03. The molecule has 5 heteroatoms. The van der Waals surface area contributed by atoms with Gasteiger partial charge in [-0.1, -0.05) is 72.8 Å². The number of nitrogens with zero attached hydrogens (tertiary/aromatic N) is 1. The predicted molar refractivity (Wildman–Crippen MR) is 129 cm³/mol. The van der Waals surface area contributed by atoms with Gasteiger partial charge in [0.1, 0.15) is 10.8 Å². The summed E-state index contributed by atoms with van der Waals surface area (Å²) in [6, 6.07) is 28.2. The maximum atomic E-state index is 14.2. The summed E-state index contributed by atoms with van der Waals surface area (Å²) in [7, 11) is 0. The van der Waals surface area contributed by atoms with Crippen molar-refractivity contribution in [3.05, 3.63) is 108 Å². The predicted octanol–water partition coefficient (Wildman–Crippen LogP) is 6.95. The molecule has 0 aliphatic rings. The second-order valence-electron chi connectivity index (χ2n) is 7.43. The van der Waals surface area contributed by atoms with Gasteiger partial charge in [0.15, 0.2) is 0 Å². The molecule has 0 spiro atoms. The topological polar surface area (TPSA) is 42.0 Å². The van der Waals surface area contributed by atoms with E-state index in [0.717, 1.165) is 21.9 Å². The van der Waals surface area contributed by atoms with Crippen molar-refractivity contribution < 1.29 is 9.18 Å². The first-order valence-corrected chi connectivity index (χ1v) is 11.1. The monoisotopic (exact) mass is 438 g/mol. The zero-order chi connectivity index (χ0) is 21.9. The second kappa shape index (κ2) is 8.73. The zero-order valence-electron chi connectivity index (χ0n) is 17.1. The summed E-state index contributed by atoms with van der Waals surface area (Å²) in [4.78, 5) is 17.5. The molecule has 0 bridgehead atoms. The average molecular weight is 439 g/mol. The number of carbonyl (C=O) groups is 1. The highest BCUT2D eigenvalue weighted by Gasteiger charge is 2.14. The largest absolute Gasteiger partial charge is 0.325 e. The lowest BCUT2D eigenvalue weighted by Crippen LogP contribution is -2.15. The summed E-state index contributed by atoms with van der Waals surface area (Å²) in [6.07, 6.45) is 0.271. The van der Waals surface area contributed by atoms with E-state index in [9.17, 15) is 9.18 Å². The van der Waals surface area contributed by atoms with Gasteiger partial charge in [-0.3, -0.25) is 4.79 Å². The van der Waals surface area contributed by atoms with E-state index in [1.807, 2.05) is 72.1 Å². The first-order valence-electron chi connectivity index (χ1n) is 10.3. The lowest BCUT2D eigenvalue weighted by molar-refractivity contribution is -0.115. The number of amides is 1. The number of hydrogen-bond donors (Lipinski definition) is 1. The van der Waals surface area contributed by atoms with Crippen LogP contribution in [0.2, 0.25) is 0 Å². The fourth-order valence-electron chi connectivity index (χ4n) is 3.79. The molecular weight excluding hydrogens is 419 g/mol. The summed E-state index contributed by atoms with van der Waals surface area (Å²) in [5.74, 6) is -0.400. The highest BCUT2D eigenvalue weighted by molar-refractivity contribution is 7.13. The third-order valence-electron chi connectivity index (χ3n) is 5.32. The molecule has 1 aromatic heterocycles. The average Bonchev–Trinajstić information content (AvgIpc) is 3.30. The molecule has 0 aliphatic carbocycles. The van der Waals surface area contributed by atoms with Crippen LogP contribution in [0.5, 0.6) is 0 Å². The Bertz CT molecular complexity index is 1420. The van der Waals surface area contributed by atoms with E-state index in [0.29, 0.717) is 22.0 Å². The number of nitrogens with one attached hydrogen (secondary N) is 1. The maximum Gasteiger partial charge on any atom is 0.228 e. The van der Waals surface area contributed by atoms with E-state index in [1.54, 1.807) is 18.2 Å². The molecule has 5 rings (SSSR count). The number of fused-ring (bicyclic) bond motifs is 1. The SMILES string of the molecule is O=C(Cc1cccc2ccccc12)Nc1ccccc1-c1csc(-c2ccccc2F)n1. The van der Waals surface area contributed by atoms with Crippen molar-refractivity contribution in [3.63, 3.8) is 0 Å². The van der Waals surface area contributed by atoms with Crippen molar-refractivity contribution in [1.29, 1.82) is 0 Å². The van der Waals surface area contributed by atoms with E-state index in [-0.39, 0.29) is 18.1 Å². The van der Waals surface area contributed by atoms with Gasteiger partial charge in [0.05, 0.1) is 17.8 Å². The molecule has 32 heavy (non-hydrogen) atoms. The zero-order valence-corrected chi connectivity index (χ0v) is 17.9. The number of halogens is 1. The fourth-order valence-corrected chi connectivity index (χ4v) is 4.63. The Morgan fingerprint density at radius 1 is 0.844 bits per heavy atom. The van der Waals surface area contributed by atoms with Crippen LogP contribution in [0.4, 0.5) is 10.1 Å². The number of para-hydroxylation sites is 1. The molecule has 0 atom stereocenters. The van der Waals surface area contributed by atoms with Crippen LogP contribution < -0.4 is 5.32 Å². The molecular formula is C27H19FN2OS. The molecule has 0 saturated carbocycles. The summed E-state index contributed by atoms with van der Waals surface area (Å²) in [5.41, 5.74) is 3.64. The van der Waals surface area contributed by atoms with Gasteiger partial charge in [0.25, 0.3) is 0 Å². The maximum absolute atomic E-state index is 14.2. The van der Waals surface area contributed by atoms with Gasteiger partial charge in [-0.2, -0.15) is 0 Å². The summed E-state index contributed by atoms with van der Waals surface area (Å²) < 4.78 is 14.2. The minimum Gasteiger partial charge on any atom is -0.325 e. The van der Waals surface area contributed by atoms with E-state index < -0.39 is 0 Å². The summed E-state index contributed by atoms with van der Waals surface area (Å²) >= 11 is 1.38. The number of benzene rings is 4. The van der Waals surface area contributed by atoms with Crippen molar-refractivity contribution >= 4 is 33.7 Å². The van der Waals surface area contributed by atoms with Crippen LogP contribution in [0.3, 0.4) is 0 Å². The highest BCUT2D eigenvalue weighted by Crippen LogP contribution is 2.33. The van der Waals surface area contributed by atoms with Crippen LogP contribution in [0.15, 0.2) is 96.4 Å². The van der Waals surface area contributed by atoms with E-state index in [4.69, 9.17) is 0 Å². The Hall–Kier alpha value is -3.83. The number of thiazole rings is 1. The molecule has 3 nitrogen and oxygen atoms in total. The molecule has 5 aromatic rings. The first kappa shape index (κ1) is 20.1. The van der Waals surface area contributed by atoms with Crippen molar-refractivity contribution in [3.8, 4) is 21.8 Å². The highest BCUT2D eigenvalue weighted by atomic mass is 32.1. The minimum atomic E-state index is -0.301. The minimum absolute atomic E-state index is 0.0987. The molecule has 1 heterocycles. The van der Waals surface area contributed by atoms with Gasteiger partial charge in [-0.05, 0) is 34.5 Å². The van der Waals surface area contributed by atoms with E-state index >= 15 is 0 Å². The Kier molecular flexibility index (Phi) is 5.48. The molecule has 0 aliphatic heterocycles. The van der Waals surface area contributed by atoms with E-state index in [2.05, 4.69) is 10.3 Å². The van der Waals surface area contributed by atoms with Crippen molar-refractivity contribution in [2.24, 2.45) is 0 Å². The number of carbonyl (C=O) groups excluding carboxylic acids is 1. The van der Waals surface area contributed by atoms with Crippen LogP contribution in [-0.4, -0.2) is 10.9 Å². The Balaban J connectivity index is 1.41. The van der Waals surface area contributed by atoms with Crippen molar-refractivity contribution in [2.75, 3.05) is 5.32 Å². The van der Waals surface area contributed by atoms with Gasteiger partial charge in [0.2, 0.25) is 5.91 Å². The molecule has 1 amide bonds. The lowest BCUT2D eigenvalue weighted by Gasteiger charge is -2.11.